The van der Waals surface area contributed by atoms with Crippen molar-refractivity contribution >= 4 is 29.5 Å². The van der Waals surface area contributed by atoms with Gasteiger partial charge in [0.2, 0.25) is 11.8 Å². The van der Waals surface area contributed by atoms with Crippen molar-refractivity contribution in [3.63, 3.8) is 0 Å². The van der Waals surface area contributed by atoms with Crippen LogP contribution >= 0.6 is 11.8 Å². The highest BCUT2D eigenvalue weighted by Gasteiger charge is 2.77. The molecule has 3 aliphatic rings. The Balaban J connectivity index is 2.12. The first-order valence-corrected chi connectivity index (χ1v) is 11.7. The van der Waals surface area contributed by atoms with E-state index in [1.54, 1.807) is 41.5 Å². The molecule has 2 amide bonds. The number of rotatable bonds is 8. The number of fused-ring (bicyclic) bond motifs is 1. The van der Waals surface area contributed by atoms with Gasteiger partial charge in [0.1, 0.15) is 6.04 Å². The number of likely N-dealkylation sites (tertiary alicyclic amines) is 1. The van der Waals surface area contributed by atoms with Crippen LogP contribution < -0.4 is 0 Å². The molecule has 1 N–H and O–H groups in total. The predicted molar refractivity (Wildman–Crippen MR) is 116 cm³/mol. The highest BCUT2D eigenvalue weighted by Crippen LogP contribution is 2.69. The summed E-state index contributed by atoms with van der Waals surface area (Å²) in [4.78, 5) is 43.7. The van der Waals surface area contributed by atoms with E-state index in [0.717, 1.165) is 6.42 Å². The van der Waals surface area contributed by atoms with E-state index in [0.29, 0.717) is 6.54 Å². The van der Waals surface area contributed by atoms with E-state index in [4.69, 9.17) is 4.74 Å². The highest BCUT2D eigenvalue weighted by atomic mass is 32.2. The van der Waals surface area contributed by atoms with Gasteiger partial charge in [0.15, 0.2) is 0 Å². The summed E-state index contributed by atoms with van der Waals surface area (Å²) in [5.74, 6) is -1.75. The van der Waals surface area contributed by atoms with Crippen molar-refractivity contribution in [2.75, 3.05) is 19.8 Å². The fourth-order valence-corrected chi connectivity index (χ4v) is 8.05. The summed E-state index contributed by atoms with van der Waals surface area (Å²) < 4.78 is 4.64. The van der Waals surface area contributed by atoms with Crippen LogP contribution in [0.4, 0.5) is 0 Å². The zero-order valence-electron chi connectivity index (χ0n) is 18.5. The number of hydrogen-bond acceptors (Lipinski definition) is 6. The molecule has 0 aliphatic carbocycles. The Morgan fingerprint density at radius 3 is 2.63 bits per heavy atom. The van der Waals surface area contributed by atoms with Crippen LogP contribution in [0.25, 0.3) is 0 Å². The molecule has 3 unspecified atom stereocenters. The second kappa shape index (κ2) is 8.54. The molecule has 0 saturated carbocycles. The van der Waals surface area contributed by atoms with Gasteiger partial charge in [0, 0.05) is 17.8 Å². The lowest BCUT2D eigenvalue weighted by Crippen LogP contribution is -2.59. The number of thioether (sulfide) groups is 1. The van der Waals surface area contributed by atoms with E-state index in [9.17, 15) is 19.5 Å². The van der Waals surface area contributed by atoms with Crippen molar-refractivity contribution in [2.24, 2.45) is 17.8 Å². The van der Waals surface area contributed by atoms with Crippen molar-refractivity contribution < 1.29 is 24.2 Å². The largest absolute Gasteiger partial charge is 0.466 e. The van der Waals surface area contributed by atoms with Crippen LogP contribution in [0, 0.1) is 17.8 Å². The summed E-state index contributed by atoms with van der Waals surface area (Å²) in [7, 11) is 0. The molecule has 3 aliphatic heterocycles. The van der Waals surface area contributed by atoms with Gasteiger partial charge in [-0.2, -0.15) is 0 Å². The van der Waals surface area contributed by atoms with Crippen LogP contribution in [0.1, 0.15) is 41.0 Å². The number of esters is 1. The maximum atomic E-state index is 13.9. The van der Waals surface area contributed by atoms with Crippen LogP contribution in [0.3, 0.4) is 0 Å². The molecule has 7 atom stereocenters. The SMILES string of the molecule is C=CCN(C(=O)C1N([C@H](C)CO)C(=O)[C@@H]2[C@@H](C(=O)OCC)[C@H]3CC(C)C12S3)C(C)C. The number of amides is 2. The number of aliphatic hydroxyl groups excluding tert-OH is 1. The number of nitrogens with zero attached hydrogens (tertiary/aromatic N) is 2. The van der Waals surface area contributed by atoms with Crippen LogP contribution in [0.2, 0.25) is 0 Å². The molecule has 3 rings (SSSR count). The number of ether oxygens (including phenoxy) is 1. The van der Waals surface area contributed by atoms with E-state index >= 15 is 0 Å². The van der Waals surface area contributed by atoms with Crippen LogP contribution in [-0.4, -0.2) is 80.6 Å². The van der Waals surface area contributed by atoms with E-state index in [1.165, 1.54) is 0 Å². The summed E-state index contributed by atoms with van der Waals surface area (Å²) in [5, 5.41) is 9.86. The topological polar surface area (TPSA) is 87.2 Å². The average Bonchev–Trinajstić information content (AvgIpc) is 3.28. The van der Waals surface area contributed by atoms with Gasteiger partial charge in [0.05, 0.1) is 35.8 Å². The Labute approximate surface area is 183 Å². The summed E-state index contributed by atoms with van der Waals surface area (Å²) >= 11 is 1.62. The molecule has 0 aromatic rings. The van der Waals surface area contributed by atoms with E-state index in [2.05, 4.69) is 13.5 Å². The maximum absolute atomic E-state index is 13.9. The fourth-order valence-electron chi connectivity index (χ4n) is 5.66. The minimum absolute atomic E-state index is 0.0261. The number of aliphatic hydroxyl groups is 1. The Bertz CT molecular complexity index is 728. The minimum atomic E-state index is -0.719. The van der Waals surface area contributed by atoms with Gasteiger partial charge in [-0.15, -0.1) is 18.3 Å². The summed E-state index contributed by atoms with van der Waals surface area (Å²) in [6.45, 7) is 13.7. The van der Waals surface area contributed by atoms with E-state index in [1.807, 2.05) is 13.8 Å². The molecule has 0 aromatic heterocycles. The second-order valence-electron chi connectivity index (χ2n) is 8.95. The smallest absolute Gasteiger partial charge is 0.310 e. The highest BCUT2D eigenvalue weighted by molar-refractivity contribution is 8.02. The quantitative estimate of drug-likeness (QED) is 0.458. The van der Waals surface area contributed by atoms with Gasteiger partial charge in [-0.25, -0.2) is 0 Å². The normalized spacial score (nSPS) is 35.5. The van der Waals surface area contributed by atoms with Crippen molar-refractivity contribution in [1.82, 2.24) is 9.80 Å². The minimum Gasteiger partial charge on any atom is -0.466 e. The third-order valence-electron chi connectivity index (χ3n) is 6.95. The predicted octanol–water partition coefficient (Wildman–Crippen LogP) is 1.69. The molecule has 2 bridgehead atoms. The lowest BCUT2D eigenvalue weighted by molar-refractivity contribution is -0.154. The number of carbonyl (C=O) groups is 3. The van der Waals surface area contributed by atoms with Gasteiger partial charge >= 0.3 is 5.97 Å². The van der Waals surface area contributed by atoms with Crippen LogP contribution in [-0.2, 0) is 19.1 Å². The molecule has 0 radical (unpaired) electrons. The molecular weight excluding hydrogens is 404 g/mol. The summed E-state index contributed by atoms with van der Waals surface area (Å²) in [6.07, 6.45) is 2.46. The first-order valence-electron chi connectivity index (χ1n) is 10.9. The molecule has 1 spiro atoms. The Morgan fingerprint density at radius 2 is 2.10 bits per heavy atom. The molecule has 168 valence electrons. The van der Waals surface area contributed by atoms with Gasteiger partial charge in [-0.05, 0) is 40.0 Å². The lowest BCUT2D eigenvalue weighted by Gasteiger charge is -2.42. The Kier molecular flexibility index (Phi) is 6.58. The molecular formula is C22H34N2O5S. The van der Waals surface area contributed by atoms with E-state index in [-0.39, 0.29) is 48.2 Å². The van der Waals surface area contributed by atoms with Gasteiger partial charge in [0.25, 0.3) is 0 Å². The monoisotopic (exact) mass is 438 g/mol. The number of hydrogen-bond donors (Lipinski definition) is 1. The summed E-state index contributed by atoms with van der Waals surface area (Å²) in [6, 6.07) is -1.30. The molecule has 7 nitrogen and oxygen atoms in total. The third-order valence-corrected chi connectivity index (χ3v) is 9.02. The van der Waals surface area contributed by atoms with Crippen molar-refractivity contribution in [2.45, 2.75) is 69.2 Å². The molecule has 0 aromatic carbocycles. The molecule has 30 heavy (non-hydrogen) atoms. The Hall–Kier alpha value is -1.54. The van der Waals surface area contributed by atoms with Gasteiger partial charge in [-0.3, -0.25) is 14.4 Å². The fraction of sp³-hybridized carbons (Fsp3) is 0.773. The van der Waals surface area contributed by atoms with Crippen molar-refractivity contribution in [1.29, 1.82) is 0 Å². The van der Waals surface area contributed by atoms with Crippen molar-refractivity contribution in [3.05, 3.63) is 12.7 Å². The first-order chi connectivity index (χ1) is 14.2. The van der Waals surface area contributed by atoms with Crippen LogP contribution in [0.15, 0.2) is 12.7 Å². The zero-order valence-corrected chi connectivity index (χ0v) is 19.4. The number of carbonyl (C=O) groups excluding carboxylic acids is 3. The van der Waals surface area contributed by atoms with Gasteiger partial charge in [-0.1, -0.05) is 13.0 Å². The lowest BCUT2D eigenvalue weighted by atomic mass is 9.66. The second-order valence-corrected chi connectivity index (χ2v) is 10.5. The third kappa shape index (κ3) is 3.18. The van der Waals surface area contributed by atoms with Gasteiger partial charge < -0.3 is 19.6 Å². The summed E-state index contributed by atoms with van der Waals surface area (Å²) in [5.41, 5.74) is 0. The van der Waals surface area contributed by atoms with Crippen LogP contribution in [0.5, 0.6) is 0 Å². The zero-order chi connectivity index (χ0) is 22.4. The molecule has 3 heterocycles. The Morgan fingerprint density at radius 1 is 1.43 bits per heavy atom. The molecule has 3 fully saturated rings. The standard InChI is InChI=1S/C22H34N2O5S/c1-7-9-23(12(3)4)20(27)18-22-13(5)10-15(30-22)16(21(28)29-8-2)17(22)19(26)24(18)14(6)11-25/h7,12-18,25H,1,8-11H2,2-6H3/t13?,14-,15-,16+,17+,18?,22?/m1/s1. The first kappa shape index (κ1) is 23.1. The average molecular weight is 439 g/mol. The molecule has 3 saturated heterocycles. The maximum Gasteiger partial charge on any atom is 0.310 e. The van der Waals surface area contributed by atoms with Crippen molar-refractivity contribution in [3.8, 4) is 0 Å². The molecule has 8 heteroatoms. The van der Waals surface area contributed by atoms with E-state index < -0.39 is 28.7 Å².